The van der Waals surface area contributed by atoms with Crippen molar-refractivity contribution in [1.29, 1.82) is 5.26 Å². The molecule has 0 aliphatic rings. The fourth-order valence-electron chi connectivity index (χ4n) is 2.11. The molecule has 0 unspecified atom stereocenters. The molecule has 0 saturated carbocycles. The van der Waals surface area contributed by atoms with Gasteiger partial charge in [-0.25, -0.2) is 0 Å². The quantitative estimate of drug-likeness (QED) is 0.807. The van der Waals surface area contributed by atoms with Crippen LogP contribution >= 0.6 is 11.6 Å². The summed E-state index contributed by atoms with van der Waals surface area (Å²) in [5, 5.41) is 9.16. The highest BCUT2D eigenvalue weighted by Crippen LogP contribution is 2.36. The zero-order valence-electron chi connectivity index (χ0n) is 13.5. The SMILES string of the molecule is COc1cc(C#N)cc(Cl)c1OCC(=O)N(C)Cc1ccccc1. The Hall–Kier alpha value is -2.71. The van der Waals surface area contributed by atoms with Crippen LogP contribution in [-0.4, -0.2) is 31.6 Å². The van der Waals surface area contributed by atoms with E-state index in [1.165, 1.54) is 19.2 Å². The zero-order chi connectivity index (χ0) is 17.5. The fourth-order valence-corrected chi connectivity index (χ4v) is 2.38. The van der Waals surface area contributed by atoms with Crippen LogP contribution in [-0.2, 0) is 11.3 Å². The van der Waals surface area contributed by atoms with Gasteiger partial charge in [0, 0.05) is 19.7 Å². The summed E-state index contributed by atoms with van der Waals surface area (Å²) in [5.74, 6) is 0.374. The molecule has 0 bridgehead atoms. The summed E-state index contributed by atoms with van der Waals surface area (Å²) in [6.45, 7) is 0.312. The molecule has 0 atom stereocenters. The summed E-state index contributed by atoms with van der Waals surface area (Å²) in [6.07, 6.45) is 0. The summed E-state index contributed by atoms with van der Waals surface area (Å²) in [6, 6.07) is 14.6. The number of halogens is 1. The maximum Gasteiger partial charge on any atom is 0.260 e. The van der Waals surface area contributed by atoms with Crippen LogP contribution in [0.4, 0.5) is 0 Å². The van der Waals surface area contributed by atoms with Gasteiger partial charge < -0.3 is 14.4 Å². The second kappa shape index (κ2) is 8.23. The van der Waals surface area contributed by atoms with E-state index in [-0.39, 0.29) is 23.3 Å². The Morgan fingerprint density at radius 2 is 2.00 bits per heavy atom. The van der Waals surface area contributed by atoms with Crippen molar-refractivity contribution in [3.05, 3.63) is 58.6 Å². The van der Waals surface area contributed by atoms with Gasteiger partial charge in [-0.3, -0.25) is 4.79 Å². The minimum atomic E-state index is -0.193. The van der Waals surface area contributed by atoms with E-state index in [0.29, 0.717) is 17.9 Å². The predicted octanol–water partition coefficient (Wildman–Crippen LogP) is 3.26. The van der Waals surface area contributed by atoms with Crippen LogP contribution in [0.2, 0.25) is 5.02 Å². The lowest BCUT2D eigenvalue weighted by Gasteiger charge is -2.18. The van der Waals surface area contributed by atoms with Gasteiger partial charge in [-0.2, -0.15) is 5.26 Å². The van der Waals surface area contributed by atoms with Gasteiger partial charge in [0.05, 0.1) is 23.8 Å². The number of rotatable bonds is 6. The third-order valence-electron chi connectivity index (χ3n) is 3.39. The summed E-state index contributed by atoms with van der Waals surface area (Å²) >= 11 is 6.10. The second-order valence-corrected chi connectivity index (χ2v) is 5.53. The van der Waals surface area contributed by atoms with E-state index in [2.05, 4.69) is 0 Å². The molecule has 0 heterocycles. The van der Waals surface area contributed by atoms with Crippen molar-refractivity contribution in [1.82, 2.24) is 4.90 Å². The van der Waals surface area contributed by atoms with Crippen molar-refractivity contribution >= 4 is 17.5 Å². The number of hydrogen-bond donors (Lipinski definition) is 0. The number of ether oxygens (including phenoxy) is 2. The molecule has 124 valence electrons. The lowest BCUT2D eigenvalue weighted by Crippen LogP contribution is -2.31. The van der Waals surface area contributed by atoms with Crippen molar-refractivity contribution in [2.75, 3.05) is 20.8 Å². The van der Waals surface area contributed by atoms with Crippen molar-refractivity contribution in [3.8, 4) is 17.6 Å². The first-order valence-corrected chi connectivity index (χ1v) is 7.61. The fraction of sp³-hybridized carbons (Fsp3) is 0.222. The summed E-state index contributed by atoms with van der Waals surface area (Å²) in [7, 11) is 3.15. The molecule has 0 aliphatic heterocycles. The second-order valence-electron chi connectivity index (χ2n) is 5.13. The van der Waals surface area contributed by atoms with Crippen molar-refractivity contribution in [2.45, 2.75) is 6.54 Å². The molecule has 5 nitrogen and oxygen atoms in total. The molecular weight excluding hydrogens is 328 g/mol. The van der Waals surface area contributed by atoms with Crippen LogP contribution in [0.3, 0.4) is 0 Å². The van der Waals surface area contributed by atoms with Gasteiger partial charge in [0.1, 0.15) is 0 Å². The Balaban J connectivity index is 2.02. The Bertz CT molecular complexity index is 757. The molecule has 0 radical (unpaired) electrons. The number of benzene rings is 2. The first kappa shape index (κ1) is 17.6. The highest BCUT2D eigenvalue weighted by atomic mass is 35.5. The Morgan fingerprint density at radius 1 is 1.29 bits per heavy atom. The smallest absolute Gasteiger partial charge is 0.260 e. The normalized spacial score (nSPS) is 9.92. The van der Waals surface area contributed by atoms with Crippen molar-refractivity contribution < 1.29 is 14.3 Å². The van der Waals surface area contributed by atoms with E-state index in [9.17, 15) is 4.79 Å². The molecule has 2 aromatic carbocycles. The topological polar surface area (TPSA) is 62.6 Å². The first-order chi connectivity index (χ1) is 11.5. The van der Waals surface area contributed by atoms with Crippen molar-refractivity contribution in [2.24, 2.45) is 0 Å². The predicted molar refractivity (Wildman–Crippen MR) is 91.1 cm³/mol. The molecule has 2 rings (SSSR count). The van der Waals surface area contributed by atoms with E-state index >= 15 is 0 Å². The van der Waals surface area contributed by atoms with Gasteiger partial charge in [0.2, 0.25) is 0 Å². The third-order valence-corrected chi connectivity index (χ3v) is 3.67. The molecule has 0 fully saturated rings. The summed E-state index contributed by atoms with van der Waals surface area (Å²) in [4.78, 5) is 13.8. The van der Waals surface area contributed by atoms with E-state index in [1.54, 1.807) is 11.9 Å². The maximum atomic E-state index is 12.2. The van der Waals surface area contributed by atoms with E-state index in [1.807, 2.05) is 36.4 Å². The largest absolute Gasteiger partial charge is 0.493 e. The monoisotopic (exact) mass is 344 g/mol. The third kappa shape index (κ3) is 4.40. The molecule has 1 amide bonds. The minimum Gasteiger partial charge on any atom is -0.493 e. The molecule has 2 aromatic rings. The van der Waals surface area contributed by atoms with Crippen LogP contribution in [0.5, 0.6) is 11.5 Å². The number of likely N-dealkylation sites (N-methyl/N-ethyl adjacent to an activating group) is 1. The zero-order valence-corrected chi connectivity index (χ0v) is 14.2. The summed E-state index contributed by atoms with van der Waals surface area (Å²) in [5.41, 5.74) is 1.39. The van der Waals surface area contributed by atoms with Gasteiger partial charge in [-0.1, -0.05) is 41.9 Å². The van der Waals surface area contributed by atoms with Gasteiger partial charge >= 0.3 is 0 Å². The number of methoxy groups -OCH3 is 1. The number of carbonyl (C=O) groups excluding carboxylic acids is 1. The van der Waals surface area contributed by atoms with Crippen LogP contribution in [0, 0.1) is 11.3 Å². The van der Waals surface area contributed by atoms with Crippen molar-refractivity contribution in [3.63, 3.8) is 0 Å². The van der Waals surface area contributed by atoms with Crippen LogP contribution in [0.1, 0.15) is 11.1 Å². The molecule has 0 spiro atoms. The van der Waals surface area contributed by atoms with Gasteiger partial charge in [0.25, 0.3) is 5.91 Å². The first-order valence-electron chi connectivity index (χ1n) is 7.23. The summed E-state index contributed by atoms with van der Waals surface area (Å²) < 4.78 is 10.7. The molecule has 0 aliphatic carbocycles. The molecule has 0 aromatic heterocycles. The van der Waals surface area contributed by atoms with E-state index < -0.39 is 0 Å². The van der Waals surface area contributed by atoms with Gasteiger partial charge in [-0.15, -0.1) is 0 Å². The Morgan fingerprint density at radius 3 is 2.62 bits per heavy atom. The Kier molecular flexibility index (Phi) is 6.05. The molecule has 6 heteroatoms. The Labute approximate surface area is 146 Å². The number of nitriles is 1. The van der Waals surface area contributed by atoms with Gasteiger partial charge in [0.15, 0.2) is 18.1 Å². The average molecular weight is 345 g/mol. The highest BCUT2D eigenvalue weighted by molar-refractivity contribution is 6.32. The average Bonchev–Trinajstić information content (AvgIpc) is 2.60. The lowest BCUT2D eigenvalue weighted by molar-refractivity contribution is -0.132. The highest BCUT2D eigenvalue weighted by Gasteiger charge is 2.16. The minimum absolute atomic E-state index is 0.175. The number of carbonyl (C=O) groups is 1. The molecule has 24 heavy (non-hydrogen) atoms. The van der Waals surface area contributed by atoms with Gasteiger partial charge in [-0.05, 0) is 11.6 Å². The molecule has 0 saturated heterocycles. The lowest BCUT2D eigenvalue weighted by atomic mass is 10.2. The number of amides is 1. The van der Waals surface area contributed by atoms with Crippen LogP contribution in [0.15, 0.2) is 42.5 Å². The number of nitrogens with zero attached hydrogens (tertiary/aromatic N) is 2. The maximum absolute atomic E-state index is 12.2. The number of hydrogen-bond acceptors (Lipinski definition) is 4. The van der Waals surface area contributed by atoms with Crippen LogP contribution in [0.25, 0.3) is 0 Å². The molecule has 0 N–H and O–H groups in total. The van der Waals surface area contributed by atoms with E-state index in [4.69, 9.17) is 26.3 Å². The van der Waals surface area contributed by atoms with E-state index in [0.717, 1.165) is 5.56 Å². The standard InChI is InChI=1S/C18H17ClN2O3/c1-21(11-13-6-4-3-5-7-13)17(22)12-24-18-15(19)8-14(10-20)9-16(18)23-2/h3-9H,11-12H2,1-2H3. The van der Waals surface area contributed by atoms with Crippen LogP contribution < -0.4 is 9.47 Å². The molecular formula is C18H17ClN2O3.